The van der Waals surface area contributed by atoms with Gasteiger partial charge in [0, 0.05) is 19.5 Å². The van der Waals surface area contributed by atoms with Crippen molar-refractivity contribution in [2.24, 2.45) is 0 Å². The molecule has 1 N–H and O–H groups in total. The van der Waals surface area contributed by atoms with Crippen LogP contribution < -0.4 is 0 Å². The number of rotatable bonds is 3. The van der Waals surface area contributed by atoms with E-state index in [1.54, 1.807) is 0 Å². The van der Waals surface area contributed by atoms with E-state index in [2.05, 4.69) is 4.90 Å². The Kier molecular flexibility index (Phi) is 4.28. The lowest BCUT2D eigenvalue weighted by molar-refractivity contribution is -0.136. The van der Waals surface area contributed by atoms with Gasteiger partial charge in [-0.1, -0.05) is 6.42 Å². The van der Waals surface area contributed by atoms with Gasteiger partial charge in [-0.15, -0.1) is 0 Å². The fourth-order valence-corrected chi connectivity index (χ4v) is 3.09. The number of aliphatic hydroxyl groups excluding tert-OH is 1. The zero-order valence-electron chi connectivity index (χ0n) is 11.7. The SMILES string of the molecule is CC1(C)C(O)CCN1C(=O)CCN1CCCCC1. The second kappa shape index (κ2) is 5.57. The Labute approximate surface area is 110 Å². The summed E-state index contributed by atoms with van der Waals surface area (Å²) in [4.78, 5) is 16.5. The molecule has 1 unspecified atom stereocenters. The van der Waals surface area contributed by atoms with Crippen molar-refractivity contribution in [2.45, 2.75) is 57.6 Å². The first-order valence-corrected chi connectivity index (χ1v) is 7.22. The number of amides is 1. The van der Waals surface area contributed by atoms with Crippen LogP contribution in [-0.2, 0) is 4.79 Å². The molecule has 0 aliphatic carbocycles. The Balaban J connectivity index is 1.81. The Morgan fingerprint density at radius 2 is 1.89 bits per heavy atom. The minimum atomic E-state index is -0.390. The highest BCUT2D eigenvalue weighted by molar-refractivity contribution is 5.77. The van der Waals surface area contributed by atoms with E-state index < -0.39 is 0 Å². The van der Waals surface area contributed by atoms with Crippen molar-refractivity contribution >= 4 is 5.91 Å². The molecule has 2 rings (SSSR count). The Morgan fingerprint density at radius 1 is 1.22 bits per heavy atom. The van der Waals surface area contributed by atoms with Gasteiger partial charge in [-0.25, -0.2) is 0 Å². The number of hydrogen-bond donors (Lipinski definition) is 1. The van der Waals surface area contributed by atoms with Crippen molar-refractivity contribution in [2.75, 3.05) is 26.2 Å². The fourth-order valence-electron chi connectivity index (χ4n) is 3.09. The lowest BCUT2D eigenvalue weighted by Gasteiger charge is -2.34. The maximum absolute atomic E-state index is 12.2. The van der Waals surface area contributed by atoms with Gasteiger partial charge in [0.25, 0.3) is 0 Å². The third-order valence-corrected chi connectivity index (χ3v) is 4.53. The third-order valence-electron chi connectivity index (χ3n) is 4.53. The highest BCUT2D eigenvalue weighted by Gasteiger charge is 2.42. The average Bonchev–Trinajstić information content (AvgIpc) is 2.63. The number of nitrogens with zero attached hydrogens (tertiary/aromatic N) is 2. The van der Waals surface area contributed by atoms with Crippen LogP contribution in [-0.4, -0.2) is 58.6 Å². The van der Waals surface area contributed by atoms with Crippen molar-refractivity contribution in [1.29, 1.82) is 0 Å². The smallest absolute Gasteiger partial charge is 0.224 e. The molecule has 18 heavy (non-hydrogen) atoms. The van der Waals surface area contributed by atoms with Crippen LogP contribution >= 0.6 is 0 Å². The highest BCUT2D eigenvalue weighted by Crippen LogP contribution is 2.29. The highest BCUT2D eigenvalue weighted by atomic mass is 16.3. The van der Waals surface area contributed by atoms with E-state index in [9.17, 15) is 9.90 Å². The first-order valence-electron chi connectivity index (χ1n) is 7.22. The molecule has 2 aliphatic heterocycles. The average molecular weight is 254 g/mol. The van der Waals surface area contributed by atoms with E-state index in [1.807, 2.05) is 18.7 Å². The van der Waals surface area contributed by atoms with Crippen LogP contribution in [0.25, 0.3) is 0 Å². The first-order chi connectivity index (χ1) is 8.51. The molecule has 0 radical (unpaired) electrons. The molecule has 2 saturated heterocycles. The molecule has 0 spiro atoms. The molecule has 1 atom stereocenters. The summed E-state index contributed by atoms with van der Waals surface area (Å²) >= 11 is 0. The fraction of sp³-hybridized carbons (Fsp3) is 0.929. The van der Waals surface area contributed by atoms with E-state index in [4.69, 9.17) is 0 Å². The molecule has 0 aromatic heterocycles. The van der Waals surface area contributed by atoms with Gasteiger partial charge < -0.3 is 14.9 Å². The lowest BCUT2D eigenvalue weighted by Crippen LogP contribution is -2.48. The summed E-state index contributed by atoms with van der Waals surface area (Å²) in [5.41, 5.74) is -0.390. The molecule has 2 heterocycles. The second-order valence-electron chi connectivity index (χ2n) is 6.16. The molecule has 0 saturated carbocycles. The summed E-state index contributed by atoms with van der Waals surface area (Å²) in [5.74, 6) is 0.196. The van der Waals surface area contributed by atoms with E-state index >= 15 is 0 Å². The largest absolute Gasteiger partial charge is 0.391 e. The number of piperidine rings is 1. The van der Waals surface area contributed by atoms with Gasteiger partial charge in [0.15, 0.2) is 0 Å². The van der Waals surface area contributed by atoms with Gasteiger partial charge >= 0.3 is 0 Å². The van der Waals surface area contributed by atoms with Crippen molar-refractivity contribution in [3.05, 3.63) is 0 Å². The summed E-state index contributed by atoms with van der Waals surface area (Å²) in [6.07, 6.45) is 4.79. The summed E-state index contributed by atoms with van der Waals surface area (Å²) in [7, 11) is 0. The van der Waals surface area contributed by atoms with Crippen LogP contribution in [0.15, 0.2) is 0 Å². The van der Waals surface area contributed by atoms with Gasteiger partial charge in [-0.2, -0.15) is 0 Å². The van der Waals surface area contributed by atoms with Crippen LogP contribution in [0.5, 0.6) is 0 Å². The van der Waals surface area contributed by atoms with Crippen LogP contribution in [0.4, 0.5) is 0 Å². The first kappa shape index (κ1) is 13.8. The standard InChI is InChI=1S/C14H26N2O2/c1-14(2)12(17)6-11-16(14)13(18)7-10-15-8-4-3-5-9-15/h12,17H,3-11H2,1-2H3. The molecule has 1 amide bonds. The molecule has 2 aliphatic rings. The third kappa shape index (κ3) is 2.86. The molecule has 0 bridgehead atoms. The Hall–Kier alpha value is -0.610. The number of likely N-dealkylation sites (tertiary alicyclic amines) is 2. The van der Waals surface area contributed by atoms with Gasteiger partial charge in [0.05, 0.1) is 11.6 Å². The van der Waals surface area contributed by atoms with Crippen LogP contribution in [0, 0.1) is 0 Å². The number of carbonyl (C=O) groups is 1. The van der Waals surface area contributed by atoms with Gasteiger partial charge in [-0.05, 0) is 46.2 Å². The molecular weight excluding hydrogens is 228 g/mol. The molecule has 104 valence electrons. The van der Waals surface area contributed by atoms with Crippen molar-refractivity contribution in [1.82, 2.24) is 9.80 Å². The van der Waals surface area contributed by atoms with Gasteiger partial charge in [-0.3, -0.25) is 4.79 Å². The molecule has 4 heteroatoms. The van der Waals surface area contributed by atoms with Crippen LogP contribution in [0.2, 0.25) is 0 Å². The van der Waals surface area contributed by atoms with Gasteiger partial charge in [0.1, 0.15) is 0 Å². The predicted molar refractivity (Wildman–Crippen MR) is 71.3 cm³/mol. The lowest BCUT2D eigenvalue weighted by atomic mass is 9.98. The minimum absolute atomic E-state index is 0.196. The van der Waals surface area contributed by atoms with E-state index in [0.29, 0.717) is 19.4 Å². The molecule has 0 aromatic carbocycles. The number of carbonyl (C=O) groups excluding carboxylic acids is 1. The van der Waals surface area contributed by atoms with Crippen molar-refractivity contribution in [3.63, 3.8) is 0 Å². The van der Waals surface area contributed by atoms with Gasteiger partial charge in [0.2, 0.25) is 5.91 Å². The van der Waals surface area contributed by atoms with Crippen LogP contribution in [0.1, 0.15) is 46.0 Å². The van der Waals surface area contributed by atoms with E-state index in [-0.39, 0.29) is 17.6 Å². The number of aliphatic hydroxyl groups is 1. The Morgan fingerprint density at radius 3 is 2.44 bits per heavy atom. The summed E-state index contributed by atoms with van der Waals surface area (Å²) in [6, 6.07) is 0. The monoisotopic (exact) mass is 254 g/mol. The zero-order valence-corrected chi connectivity index (χ0v) is 11.7. The minimum Gasteiger partial charge on any atom is -0.391 e. The molecule has 0 aromatic rings. The number of hydrogen-bond acceptors (Lipinski definition) is 3. The molecule has 4 nitrogen and oxygen atoms in total. The normalized spacial score (nSPS) is 28.6. The van der Waals surface area contributed by atoms with E-state index in [0.717, 1.165) is 19.6 Å². The maximum atomic E-state index is 12.2. The summed E-state index contributed by atoms with van der Waals surface area (Å²) in [6.45, 7) is 7.78. The molecule has 2 fully saturated rings. The second-order valence-corrected chi connectivity index (χ2v) is 6.16. The Bertz CT molecular complexity index is 298. The van der Waals surface area contributed by atoms with E-state index in [1.165, 1.54) is 19.3 Å². The van der Waals surface area contributed by atoms with Crippen molar-refractivity contribution < 1.29 is 9.90 Å². The quantitative estimate of drug-likeness (QED) is 0.824. The summed E-state index contributed by atoms with van der Waals surface area (Å²) in [5, 5.41) is 9.89. The van der Waals surface area contributed by atoms with Crippen LogP contribution in [0.3, 0.4) is 0 Å². The molecular formula is C14H26N2O2. The topological polar surface area (TPSA) is 43.8 Å². The zero-order chi connectivity index (χ0) is 13.2. The summed E-state index contributed by atoms with van der Waals surface area (Å²) < 4.78 is 0. The van der Waals surface area contributed by atoms with Crippen molar-refractivity contribution in [3.8, 4) is 0 Å². The maximum Gasteiger partial charge on any atom is 0.224 e. The predicted octanol–water partition coefficient (Wildman–Crippen LogP) is 1.23.